The predicted octanol–water partition coefficient (Wildman–Crippen LogP) is 3.85. The highest BCUT2D eigenvalue weighted by Crippen LogP contribution is 2.21. The third kappa shape index (κ3) is 3.50. The van der Waals surface area contributed by atoms with Crippen LogP contribution in [-0.2, 0) is 0 Å². The molecule has 1 aliphatic rings. The molecule has 2 aromatic carbocycles. The molecule has 1 saturated heterocycles. The van der Waals surface area contributed by atoms with Gasteiger partial charge in [0.1, 0.15) is 29.8 Å². The number of benzene rings is 2. The number of para-hydroxylation sites is 2. The van der Waals surface area contributed by atoms with Gasteiger partial charge in [-0.3, -0.25) is 9.36 Å². The molecule has 0 bridgehead atoms. The third-order valence-electron chi connectivity index (χ3n) is 5.23. The minimum absolute atomic E-state index is 0.0881. The number of halogens is 1. The van der Waals surface area contributed by atoms with Crippen molar-refractivity contribution in [3.05, 3.63) is 84.6 Å². The van der Waals surface area contributed by atoms with Gasteiger partial charge < -0.3 is 9.64 Å². The molecule has 1 atom stereocenters. The van der Waals surface area contributed by atoms with Crippen molar-refractivity contribution in [3.63, 3.8) is 0 Å². The summed E-state index contributed by atoms with van der Waals surface area (Å²) in [6.07, 6.45) is 3.87. The zero-order chi connectivity index (χ0) is 20.5. The fourth-order valence-corrected chi connectivity index (χ4v) is 3.72. The van der Waals surface area contributed by atoms with Crippen LogP contribution in [0, 0.1) is 5.82 Å². The monoisotopic (exact) mass is 402 g/mol. The Labute approximate surface area is 172 Å². The summed E-state index contributed by atoms with van der Waals surface area (Å²) in [5.74, 6) is 0.756. The lowest BCUT2D eigenvalue weighted by Crippen LogP contribution is -2.31. The van der Waals surface area contributed by atoms with Gasteiger partial charge in [0.15, 0.2) is 0 Å². The van der Waals surface area contributed by atoms with E-state index in [-0.39, 0.29) is 17.8 Å². The van der Waals surface area contributed by atoms with Crippen LogP contribution in [0.25, 0.3) is 16.9 Å². The lowest BCUT2D eigenvalue weighted by molar-refractivity contribution is 0.0772. The minimum Gasteiger partial charge on any atom is -0.488 e. The number of amides is 1. The van der Waals surface area contributed by atoms with Gasteiger partial charge in [0.05, 0.1) is 23.1 Å². The number of nitrogens with zero attached hydrogens (tertiary/aromatic N) is 4. The lowest BCUT2D eigenvalue weighted by Gasteiger charge is -2.17. The first kappa shape index (κ1) is 18.3. The third-order valence-corrected chi connectivity index (χ3v) is 5.23. The summed E-state index contributed by atoms with van der Waals surface area (Å²) in [5.41, 5.74) is 2.37. The number of carbonyl (C=O) groups is 1. The highest BCUT2D eigenvalue weighted by molar-refractivity contribution is 5.94. The Bertz CT molecular complexity index is 1210. The average Bonchev–Trinajstić information content (AvgIpc) is 3.41. The van der Waals surface area contributed by atoms with Gasteiger partial charge in [-0.05, 0) is 36.4 Å². The lowest BCUT2D eigenvalue weighted by atomic mass is 10.2. The summed E-state index contributed by atoms with van der Waals surface area (Å²) < 4.78 is 21.0. The molecule has 0 radical (unpaired) electrons. The minimum atomic E-state index is -0.338. The number of hydrogen-bond acceptors (Lipinski definition) is 4. The first-order valence-corrected chi connectivity index (χ1v) is 9.77. The molecule has 150 valence electrons. The molecule has 2 aromatic heterocycles. The van der Waals surface area contributed by atoms with Crippen molar-refractivity contribution >= 4 is 16.9 Å². The second-order valence-electron chi connectivity index (χ2n) is 7.25. The Morgan fingerprint density at radius 1 is 1.07 bits per heavy atom. The number of ether oxygens (including phenoxy) is 1. The maximum atomic E-state index is 13.3. The van der Waals surface area contributed by atoms with E-state index in [1.165, 1.54) is 12.1 Å². The normalized spacial score (nSPS) is 16.2. The highest BCUT2D eigenvalue weighted by atomic mass is 19.1. The molecule has 1 aliphatic heterocycles. The fraction of sp³-hybridized carbons (Fsp3) is 0.174. The van der Waals surface area contributed by atoms with Crippen LogP contribution < -0.4 is 4.74 Å². The highest BCUT2D eigenvalue weighted by Gasteiger charge is 2.28. The summed E-state index contributed by atoms with van der Waals surface area (Å²) in [6.45, 7) is 1.05. The maximum absolute atomic E-state index is 13.3. The number of imidazole rings is 1. The predicted molar refractivity (Wildman–Crippen MR) is 110 cm³/mol. The molecule has 1 unspecified atom stereocenters. The first-order chi connectivity index (χ1) is 14.7. The molecule has 3 heterocycles. The molecule has 5 rings (SSSR count). The van der Waals surface area contributed by atoms with Crippen LogP contribution >= 0.6 is 0 Å². The number of rotatable bonds is 4. The Morgan fingerprint density at radius 3 is 2.80 bits per heavy atom. The van der Waals surface area contributed by atoms with E-state index < -0.39 is 0 Å². The van der Waals surface area contributed by atoms with E-state index in [1.807, 2.05) is 34.9 Å². The van der Waals surface area contributed by atoms with Crippen molar-refractivity contribution in [2.24, 2.45) is 0 Å². The fourth-order valence-electron chi connectivity index (χ4n) is 3.72. The molecule has 30 heavy (non-hydrogen) atoms. The van der Waals surface area contributed by atoms with Crippen LogP contribution in [0.15, 0.2) is 73.2 Å². The van der Waals surface area contributed by atoms with Gasteiger partial charge in [-0.1, -0.05) is 18.2 Å². The Balaban J connectivity index is 1.27. The van der Waals surface area contributed by atoms with Gasteiger partial charge in [0.25, 0.3) is 5.91 Å². The Morgan fingerprint density at radius 2 is 1.97 bits per heavy atom. The first-order valence-electron chi connectivity index (χ1n) is 9.77. The van der Waals surface area contributed by atoms with E-state index in [4.69, 9.17) is 4.74 Å². The van der Waals surface area contributed by atoms with Crippen LogP contribution in [0.5, 0.6) is 5.75 Å². The van der Waals surface area contributed by atoms with Crippen LogP contribution in [0.3, 0.4) is 0 Å². The molecular formula is C23H19FN4O2. The van der Waals surface area contributed by atoms with Gasteiger partial charge in [0.2, 0.25) is 0 Å². The van der Waals surface area contributed by atoms with E-state index in [0.29, 0.717) is 36.6 Å². The Kier molecular flexibility index (Phi) is 4.63. The van der Waals surface area contributed by atoms with E-state index in [1.54, 1.807) is 35.6 Å². The van der Waals surface area contributed by atoms with Gasteiger partial charge in [-0.25, -0.2) is 14.4 Å². The largest absolute Gasteiger partial charge is 0.488 e. The molecule has 0 spiro atoms. The van der Waals surface area contributed by atoms with Gasteiger partial charge in [-0.2, -0.15) is 0 Å². The quantitative estimate of drug-likeness (QED) is 0.520. The number of aromatic nitrogens is 3. The standard InChI is InChI=1S/C23H19FN4O2/c24-17-4-3-5-18(12-17)30-19-10-11-27(14-19)23(29)16-8-9-22(25-13-16)28-15-26-20-6-1-2-7-21(20)28/h1-9,12-13,15,19H,10-11,14H2. The zero-order valence-corrected chi connectivity index (χ0v) is 16.1. The molecule has 0 aliphatic carbocycles. The van der Waals surface area contributed by atoms with Crippen molar-refractivity contribution in [2.45, 2.75) is 12.5 Å². The van der Waals surface area contributed by atoms with E-state index in [0.717, 1.165) is 11.0 Å². The second-order valence-corrected chi connectivity index (χ2v) is 7.25. The topological polar surface area (TPSA) is 60.2 Å². The number of carbonyl (C=O) groups excluding carboxylic acids is 1. The Hall–Kier alpha value is -3.74. The summed E-state index contributed by atoms with van der Waals surface area (Å²) in [4.78, 5) is 23.4. The van der Waals surface area contributed by atoms with E-state index >= 15 is 0 Å². The zero-order valence-electron chi connectivity index (χ0n) is 16.1. The van der Waals surface area contributed by atoms with Gasteiger partial charge in [0, 0.05) is 25.2 Å². The average molecular weight is 402 g/mol. The van der Waals surface area contributed by atoms with Crippen molar-refractivity contribution in [2.75, 3.05) is 13.1 Å². The number of fused-ring (bicyclic) bond motifs is 1. The molecule has 7 heteroatoms. The van der Waals surface area contributed by atoms with Crippen LogP contribution in [0.2, 0.25) is 0 Å². The molecule has 6 nitrogen and oxygen atoms in total. The molecular weight excluding hydrogens is 383 g/mol. The number of hydrogen-bond donors (Lipinski definition) is 0. The number of pyridine rings is 1. The summed E-state index contributed by atoms with van der Waals surface area (Å²) in [5, 5.41) is 0. The summed E-state index contributed by atoms with van der Waals surface area (Å²) in [7, 11) is 0. The SMILES string of the molecule is O=C(c1ccc(-n2cnc3ccccc32)nc1)N1CCC(Oc2cccc(F)c2)C1. The maximum Gasteiger partial charge on any atom is 0.255 e. The smallest absolute Gasteiger partial charge is 0.255 e. The number of likely N-dealkylation sites (tertiary alicyclic amines) is 1. The molecule has 4 aromatic rings. The van der Waals surface area contributed by atoms with Crippen molar-refractivity contribution in [1.82, 2.24) is 19.4 Å². The summed E-state index contributed by atoms with van der Waals surface area (Å²) in [6, 6.07) is 17.5. The molecule has 1 amide bonds. The van der Waals surface area contributed by atoms with Crippen LogP contribution in [-0.4, -0.2) is 44.5 Å². The van der Waals surface area contributed by atoms with E-state index in [2.05, 4.69) is 9.97 Å². The van der Waals surface area contributed by atoms with Crippen molar-refractivity contribution in [1.29, 1.82) is 0 Å². The summed E-state index contributed by atoms with van der Waals surface area (Å²) >= 11 is 0. The van der Waals surface area contributed by atoms with Crippen molar-refractivity contribution in [3.8, 4) is 11.6 Å². The van der Waals surface area contributed by atoms with E-state index in [9.17, 15) is 9.18 Å². The molecule has 1 fully saturated rings. The molecule has 0 saturated carbocycles. The molecule has 0 N–H and O–H groups in total. The second kappa shape index (κ2) is 7.59. The van der Waals surface area contributed by atoms with Crippen molar-refractivity contribution < 1.29 is 13.9 Å². The van der Waals surface area contributed by atoms with Gasteiger partial charge >= 0.3 is 0 Å². The van der Waals surface area contributed by atoms with Crippen LogP contribution in [0.1, 0.15) is 16.8 Å². The van der Waals surface area contributed by atoms with Crippen LogP contribution in [0.4, 0.5) is 4.39 Å². The van der Waals surface area contributed by atoms with Gasteiger partial charge in [-0.15, -0.1) is 0 Å².